The summed E-state index contributed by atoms with van der Waals surface area (Å²) in [5.74, 6) is 0.316. The standard InChI is InChI=1S/C28H22N2O2/c1-20-8-7-11-24(16-20)30-28(31)23(18-29)17-22-14-15-27(26-13-6-5-12-25(22)26)32-19-21-9-3-2-4-10-21/h2-17H,19H2,1H3,(H,30,31)/b23-17-. The second kappa shape index (κ2) is 9.63. The van der Waals surface area contributed by atoms with Gasteiger partial charge in [0.05, 0.1) is 0 Å². The quantitative estimate of drug-likeness (QED) is 0.296. The fraction of sp³-hybridized carbons (Fsp3) is 0.0714. The Morgan fingerprint density at radius 1 is 0.938 bits per heavy atom. The molecule has 0 spiro atoms. The van der Waals surface area contributed by atoms with Crippen molar-refractivity contribution >= 4 is 28.4 Å². The van der Waals surface area contributed by atoms with Crippen molar-refractivity contribution in [2.45, 2.75) is 13.5 Å². The lowest BCUT2D eigenvalue weighted by Crippen LogP contribution is -2.13. The number of ether oxygens (including phenoxy) is 1. The molecule has 4 nitrogen and oxygen atoms in total. The van der Waals surface area contributed by atoms with Crippen molar-refractivity contribution in [3.8, 4) is 11.8 Å². The lowest BCUT2D eigenvalue weighted by molar-refractivity contribution is -0.112. The fourth-order valence-corrected chi connectivity index (χ4v) is 3.51. The molecule has 4 aromatic rings. The van der Waals surface area contributed by atoms with Crippen LogP contribution < -0.4 is 10.1 Å². The van der Waals surface area contributed by atoms with Gasteiger partial charge in [-0.05, 0) is 53.3 Å². The first-order valence-electron chi connectivity index (χ1n) is 10.3. The number of benzene rings is 4. The lowest BCUT2D eigenvalue weighted by atomic mass is 10.0. The van der Waals surface area contributed by atoms with Crippen LogP contribution in [0.1, 0.15) is 16.7 Å². The highest BCUT2D eigenvalue weighted by Gasteiger charge is 2.12. The Bertz CT molecular complexity index is 1330. The number of hydrogen-bond donors (Lipinski definition) is 1. The summed E-state index contributed by atoms with van der Waals surface area (Å²) in [5.41, 5.74) is 3.59. The highest BCUT2D eigenvalue weighted by Crippen LogP contribution is 2.30. The van der Waals surface area contributed by atoms with Crippen LogP contribution in [0.3, 0.4) is 0 Å². The molecule has 0 fully saturated rings. The molecule has 0 aromatic heterocycles. The van der Waals surface area contributed by atoms with E-state index in [1.165, 1.54) is 0 Å². The summed E-state index contributed by atoms with van der Waals surface area (Å²) >= 11 is 0. The van der Waals surface area contributed by atoms with Gasteiger partial charge in [-0.15, -0.1) is 0 Å². The largest absolute Gasteiger partial charge is 0.488 e. The molecule has 0 atom stereocenters. The topological polar surface area (TPSA) is 62.1 Å². The SMILES string of the molecule is Cc1cccc(NC(=O)/C(C#N)=C\c2ccc(OCc3ccccc3)c3ccccc23)c1. The molecule has 32 heavy (non-hydrogen) atoms. The number of fused-ring (bicyclic) bond motifs is 1. The third kappa shape index (κ3) is 4.85. The summed E-state index contributed by atoms with van der Waals surface area (Å²) in [7, 11) is 0. The molecule has 156 valence electrons. The molecule has 0 radical (unpaired) electrons. The molecule has 0 saturated heterocycles. The first-order valence-corrected chi connectivity index (χ1v) is 10.3. The number of rotatable bonds is 6. The Hall–Kier alpha value is -4.36. The number of nitrogens with zero attached hydrogens (tertiary/aromatic N) is 1. The number of anilines is 1. The molecule has 4 heteroatoms. The van der Waals surface area contributed by atoms with Gasteiger partial charge in [0.2, 0.25) is 0 Å². The number of nitriles is 1. The average Bonchev–Trinajstić information content (AvgIpc) is 2.82. The van der Waals surface area contributed by atoms with Gasteiger partial charge in [0.1, 0.15) is 24.0 Å². The minimum atomic E-state index is -0.438. The van der Waals surface area contributed by atoms with E-state index in [1.807, 2.05) is 97.9 Å². The molecule has 0 unspecified atom stereocenters. The highest BCUT2D eigenvalue weighted by atomic mass is 16.5. The van der Waals surface area contributed by atoms with Gasteiger partial charge in [-0.3, -0.25) is 4.79 Å². The van der Waals surface area contributed by atoms with Crippen LogP contribution in [0.2, 0.25) is 0 Å². The predicted octanol–water partition coefficient (Wildman–Crippen LogP) is 6.27. The molecule has 0 aliphatic heterocycles. The number of aryl methyl sites for hydroxylation is 1. The van der Waals surface area contributed by atoms with Crippen molar-refractivity contribution in [2.75, 3.05) is 5.32 Å². The van der Waals surface area contributed by atoms with Gasteiger partial charge in [0, 0.05) is 11.1 Å². The summed E-state index contributed by atoms with van der Waals surface area (Å²) in [6.07, 6.45) is 1.62. The molecule has 4 aromatic carbocycles. The maximum absolute atomic E-state index is 12.7. The minimum absolute atomic E-state index is 0.0367. The molecular weight excluding hydrogens is 396 g/mol. The number of carbonyl (C=O) groups is 1. The molecule has 0 aliphatic carbocycles. The van der Waals surface area contributed by atoms with E-state index in [0.717, 1.165) is 33.2 Å². The minimum Gasteiger partial charge on any atom is -0.488 e. The van der Waals surface area contributed by atoms with Crippen LogP contribution in [0.25, 0.3) is 16.8 Å². The zero-order valence-corrected chi connectivity index (χ0v) is 17.7. The van der Waals surface area contributed by atoms with E-state index in [2.05, 4.69) is 5.32 Å². The normalized spacial score (nSPS) is 11.1. The van der Waals surface area contributed by atoms with Crippen molar-refractivity contribution in [2.24, 2.45) is 0 Å². The van der Waals surface area contributed by atoms with Crippen molar-refractivity contribution in [3.05, 3.63) is 113 Å². The van der Waals surface area contributed by atoms with Crippen LogP contribution in [0.4, 0.5) is 5.69 Å². The third-order valence-electron chi connectivity index (χ3n) is 5.10. The Balaban J connectivity index is 1.62. The highest BCUT2D eigenvalue weighted by molar-refractivity contribution is 6.11. The van der Waals surface area contributed by atoms with Gasteiger partial charge in [-0.2, -0.15) is 5.26 Å². The Labute approximate surface area is 187 Å². The van der Waals surface area contributed by atoms with Crippen LogP contribution in [0.15, 0.2) is 96.6 Å². The Morgan fingerprint density at radius 2 is 1.69 bits per heavy atom. The van der Waals surface area contributed by atoms with Crippen LogP contribution in [-0.4, -0.2) is 5.91 Å². The zero-order chi connectivity index (χ0) is 22.3. The van der Waals surface area contributed by atoms with Crippen LogP contribution in [0, 0.1) is 18.3 Å². The Morgan fingerprint density at radius 3 is 2.44 bits per heavy atom. The van der Waals surface area contributed by atoms with Gasteiger partial charge in [-0.25, -0.2) is 0 Å². The third-order valence-corrected chi connectivity index (χ3v) is 5.10. The first-order chi connectivity index (χ1) is 15.6. The average molecular weight is 418 g/mol. The summed E-state index contributed by atoms with van der Waals surface area (Å²) in [6.45, 7) is 2.41. The number of hydrogen-bond acceptors (Lipinski definition) is 3. The number of nitrogens with one attached hydrogen (secondary N) is 1. The maximum Gasteiger partial charge on any atom is 0.266 e. The number of carbonyl (C=O) groups excluding carboxylic acids is 1. The smallest absolute Gasteiger partial charge is 0.266 e. The van der Waals surface area contributed by atoms with Gasteiger partial charge in [-0.1, -0.05) is 72.8 Å². The first kappa shape index (κ1) is 20.9. The molecule has 4 rings (SSSR count). The summed E-state index contributed by atoms with van der Waals surface area (Å²) in [4.78, 5) is 12.7. The molecule has 1 amide bonds. The second-order valence-corrected chi connectivity index (χ2v) is 7.47. The molecule has 0 heterocycles. The van der Waals surface area contributed by atoms with Crippen LogP contribution >= 0.6 is 0 Å². The van der Waals surface area contributed by atoms with E-state index in [9.17, 15) is 10.1 Å². The van der Waals surface area contributed by atoms with E-state index in [1.54, 1.807) is 12.1 Å². The van der Waals surface area contributed by atoms with Crippen LogP contribution in [0.5, 0.6) is 5.75 Å². The Kier molecular flexibility index (Phi) is 6.29. The van der Waals surface area contributed by atoms with E-state index in [-0.39, 0.29) is 5.57 Å². The molecular formula is C28H22N2O2. The van der Waals surface area contributed by atoms with Crippen molar-refractivity contribution in [1.82, 2.24) is 0 Å². The molecule has 0 saturated carbocycles. The van der Waals surface area contributed by atoms with E-state index in [4.69, 9.17) is 4.74 Å². The number of amides is 1. The molecule has 1 N–H and O–H groups in total. The fourth-order valence-electron chi connectivity index (χ4n) is 3.51. The molecule has 0 aliphatic rings. The molecule has 0 bridgehead atoms. The summed E-state index contributed by atoms with van der Waals surface area (Å²) in [6, 6.07) is 31.0. The maximum atomic E-state index is 12.7. The van der Waals surface area contributed by atoms with Crippen molar-refractivity contribution in [1.29, 1.82) is 5.26 Å². The van der Waals surface area contributed by atoms with E-state index < -0.39 is 5.91 Å². The summed E-state index contributed by atoms with van der Waals surface area (Å²) in [5, 5.41) is 14.3. The van der Waals surface area contributed by atoms with Crippen LogP contribution in [-0.2, 0) is 11.4 Å². The summed E-state index contributed by atoms with van der Waals surface area (Å²) < 4.78 is 6.06. The van der Waals surface area contributed by atoms with Gasteiger partial charge >= 0.3 is 0 Å². The van der Waals surface area contributed by atoms with Gasteiger partial charge < -0.3 is 10.1 Å². The van der Waals surface area contributed by atoms with Crippen molar-refractivity contribution in [3.63, 3.8) is 0 Å². The van der Waals surface area contributed by atoms with E-state index >= 15 is 0 Å². The lowest BCUT2D eigenvalue weighted by Gasteiger charge is -2.12. The zero-order valence-electron chi connectivity index (χ0n) is 17.7. The van der Waals surface area contributed by atoms with E-state index in [0.29, 0.717) is 12.3 Å². The van der Waals surface area contributed by atoms with Gasteiger partial charge in [0.15, 0.2) is 0 Å². The van der Waals surface area contributed by atoms with Crippen molar-refractivity contribution < 1.29 is 9.53 Å². The second-order valence-electron chi connectivity index (χ2n) is 7.47. The van der Waals surface area contributed by atoms with Gasteiger partial charge in [0.25, 0.3) is 5.91 Å². The predicted molar refractivity (Wildman–Crippen MR) is 128 cm³/mol. The monoisotopic (exact) mass is 418 g/mol.